The average Bonchev–Trinajstić information content (AvgIpc) is 2.79. The number of nitrogens with two attached hydrogens (primary N) is 1. The lowest BCUT2D eigenvalue weighted by atomic mass is 10.1. The van der Waals surface area contributed by atoms with Crippen LogP contribution in [0.25, 0.3) is 0 Å². The molecule has 0 bridgehead atoms. The number of nitrogen functional groups attached to an aromatic ring is 1. The highest BCUT2D eigenvalue weighted by atomic mass is 19.4. The van der Waals surface area contributed by atoms with Crippen molar-refractivity contribution in [3.63, 3.8) is 0 Å². The molecule has 0 fully saturated rings. The molecular weight excluding hydrogens is 245 g/mol. The van der Waals surface area contributed by atoms with Gasteiger partial charge in [-0.2, -0.15) is 13.2 Å². The van der Waals surface area contributed by atoms with Crippen LogP contribution >= 0.6 is 0 Å². The maximum absolute atomic E-state index is 12.8. The zero-order valence-electron chi connectivity index (χ0n) is 9.25. The quantitative estimate of drug-likeness (QED) is 0.739. The van der Waals surface area contributed by atoms with Crippen LogP contribution in [0.1, 0.15) is 11.3 Å². The highest BCUT2D eigenvalue weighted by Crippen LogP contribution is 2.36. The number of aromatic amines is 1. The topological polar surface area (TPSA) is 66.7 Å². The Labute approximate surface area is 101 Å². The van der Waals surface area contributed by atoms with Crippen LogP contribution in [0.2, 0.25) is 0 Å². The summed E-state index contributed by atoms with van der Waals surface area (Å²) in [5, 5.41) is 2.70. The number of H-pyrrole nitrogens is 1. The minimum atomic E-state index is -4.44. The van der Waals surface area contributed by atoms with Crippen LogP contribution in [0.4, 0.5) is 24.5 Å². The van der Waals surface area contributed by atoms with Gasteiger partial charge >= 0.3 is 6.18 Å². The summed E-state index contributed by atoms with van der Waals surface area (Å²) >= 11 is 0. The largest absolute Gasteiger partial charge is 0.418 e. The van der Waals surface area contributed by atoms with Crippen LogP contribution in [-0.2, 0) is 12.7 Å². The van der Waals surface area contributed by atoms with Crippen molar-refractivity contribution in [2.75, 3.05) is 11.1 Å². The lowest BCUT2D eigenvalue weighted by Gasteiger charge is -2.14. The minimum absolute atomic E-state index is 0.00806. The fraction of sp³-hybridized carbons (Fsp3) is 0.182. The number of benzene rings is 1. The molecule has 0 unspecified atom stereocenters. The molecule has 4 N–H and O–H groups in total. The number of alkyl halides is 3. The summed E-state index contributed by atoms with van der Waals surface area (Å²) < 4.78 is 38.3. The van der Waals surface area contributed by atoms with Crippen molar-refractivity contribution >= 4 is 11.4 Å². The molecule has 96 valence electrons. The summed E-state index contributed by atoms with van der Waals surface area (Å²) in [4.78, 5) is 6.58. The Morgan fingerprint density at radius 2 is 2.11 bits per heavy atom. The van der Waals surface area contributed by atoms with E-state index >= 15 is 0 Å². The Morgan fingerprint density at radius 3 is 2.72 bits per heavy atom. The lowest BCUT2D eigenvalue weighted by molar-refractivity contribution is -0.136. The monoisotopic (exact) mass is 256 g/mol. The zero-order chi connectivity index (χ0) is 13.2. The fourth-order valence-electron chi connectivity index (χ4n) is 1.52. The summed E-state index contributed by atoms with van der Waals surface area (Å²) in [5.41, 5.74) is 5.36. The summed E-state index contributed by atoms with van der Waals surface area (Å²) in [6, 6.07) is 3.65. The van der Waals surface area contributed by atoms with E-state index in [-0.39, 0.29) is 17.9 Å². The Balaban J connectivity index is 2.22. The van der Waals surface area contributed by atoms with Crippen molar-refractivity contribution in [2.24, 2.45) is 0 Å². The Kier molecular flexibility index (Phi) is 3.14. The number of hydrogen-bond donors (Lipinski definition) is 3. The van der Waals surface area contributed by atoms with Crippen molar-refractivity contribution < 1.29 is 13.2 Å². The van der Waals surface area contributed by atoms with Crippen LogP contribution in [0.3, 0.4) is 0 Å². The summed E-state index contributed by atoms with van der Waals surface area (Å²) in [6.45, 7) is 0.229. The normalized spacial score (nSPS) is 11.5. The van der Waals surface area contributed by atoms with Crippen LogP contribution in [0.15, 0.2) is 30.7 Å². The van der Waals surface area contributed by atoms with Crippen LogP contribution in [-0.4, -0.2) is 9.97 Å². The van der Waals surface area contributed by atoms with Gasteiger partial charge in [0.1, 0.15) is 0 Å². The molecule has 0 aliphatic rings. The molecule has 0 saturated carbocycles. The summed E-state index contributed by atoms with van der Waals surface area (Å²) in [6.07, 6.45) is -1.44. The van der Waals surface area contributed by atoms with Gasteiger partial charge in [-0.15, -0.1) is 0 Å². The Bertz CT molecular complexity index is 520. The molecule has 0 aliphatic carbocycles. The van der Waals surface area contributed by atoms with E-state index in [2.05, 4.69) is 15.3 Å². The fourth-order valence-corrected chi connectivity index (χ4v) is 1.52. The first kappa shape index (κ1) is 12.3. The predicted molar refractivity (Wildman–Crippen MR) is 61.8 cm³/mol. The second-order valence-corrected chi connectivity index (χ2v) is 3.73. The maximum Gasteiger partial charge on any atom is 0.418 e. The minimum Gasteiger partial charge on any atom is -0.399 e. The second-order valence-electron chi connectivity index (χ2n) is 3.73. The molecular formula is C11H11F3N4. The van der Waals surface area contributed by atoms with Gasteiger partial charge in [0.2, 0.25) is 0 Å². The maximum atomic E-state index is 12.8. The highest BCUT2D eigenvalue weighted by Gasteiger charge is 2.33. The lowest BCUT2D eigenvalue weighted by Crippen LogP contribution is -2.11. The number of hydrogen-bond acceptors (Lipinski definition) is 3. The molecule has 0 radical (unpaired) electrons. The molecule has 0 spiro atoms. The van der Waals surface area contributed by atoms with E-state index in [4.69, 9.17) is 5.73 Å². The SMILES string of the molecule is Nc1ccc(NCc2cnc[nH]2)c(C(F)(F)F)c1. The van der Waals surface area contributed by atoms with Crippen LogP contribution in [0.5, 0.6) is 0 Å². The van der Waals surface area contributed by atoms with E-state index in [0.717, 1.165) is 6.07 Å². The first-order valence-corrected chi connectivity index (χ1v) is 5.14. The first-order chi connectivity index (χ1) is 8.47. The predicted octanol–water partition coefficient (Wildman–Crippen LogP) is 2.62. The molecule has 4 nitrogen and oxygen atoms in total. The van der Waals surface area contributed by atoms with E-state index in [9.17, 15) is 13.2 Å². The van der Waals surface area contributed by atoms with Gasteiger partial charge in [-0.1, -0.05) is 0 Å². The molecule has 1 aromatic heterocycles. The standard InChI is InChI=1S/C11H11F3N4/c12-11(13,14)9-3-7(15)1-2-10(9)17-5-8-4-16-6-18-8/h1-4,6,17H,5,15H2,(H,16,18). The van der Waals surface area contributed by atoms with Gasteiger partial charge in [-0.3, -0.25) is 0 Å². The van der Waals surface area contributed by atoms with Crippen molar-refractivity contribution in [1.29, 1.82) is 0 Å². The molecule has 0 saturated heterocycles. The number of nitrogens with one attached hydrogen (secondary N) is 2. The van der Waals surface area contributed by atoms with Gasteiger partial charge < -0.3 is 16.0 Å². The van der Waals surface area contributed by atoms with Gasteiger partial charge in [0.05, 0.1) is 24.1 Å². The van der Waals surface area contributed by atoms with E-state index in [1.807, 2.05) is 0 Å². The number of anilines is 2. The van der Waals surface area contributed by atoms with E-state index in [1.54, 1.807) is 0 Å². The van der Waals surface area contributed by atoms with E-state index in [1.165, 1.54) is 24.7 Å². The number of halogens is 3. The average molecular weight is 256 g/mol. The number of nitrogens with zero attached hydrogens (tertiary/aromatic N) is 1. The van der Waals surface area contributed by atoms with Gasteiger partial charge in [-0.25, -0.2) is 4.98 Å². The van der Waals surface area contributed by atoms with Gasteiger partial charge in [0, 0.05) is 17.6 Å². The van der Waals surface area contributed by atoms with Gasteiger partial charge in [0.15, 0.2) is 0 Å². The molecule has 0 amide bonds. The molecule has 7 heteroatoms. The highest BCUT2D eigenvalue weighted by molar-refractivity contribution is 5.59. The molecule has 0 aliphatic heterocycles. The Hall–Kier alpha value is -2.18. The molecule has 2 aromatic rings. The van der Waals surface area contributed by atoms with E-state index in [0.29, 0.717) is 5.69 Å². The second kappa shape index (κ2) is 4.59. The summed E-state index contributed by atoms with van der Waals surface area (Å²) in [7, 11) is 0. The summed E-state index contributed by atoms with van der Waals surface area (Å²) in [5.74, 6) is 0. The smallest absolute Gasteiger partial charge is 0.399 e. The molecule has 18 heavy (non-hydrogen) atoms. The van der Waals surface area contributed by atoms with Crippen molar-refractivity contribution in [3.05, 3.63) is 42.0 Å². The molecule has 1 aromatic carbocycles. The van der Waals surface area contributed by atoms with Crippen molar-refractivity contribution in [1.82, 2.24) is 9.97 Å². The number of aromatic nitrogens is 2. The van der Waals surface area contributed by atoms with Crippen LogP contribution < -0.4 is 11.1 Å². The first-order valence-electron chi connectivity index (χ1n) is 5.14. The third-order valence-corrected chi connectivity index (χ3v) is 2.37. The number of rotatable bonds is 3. The molecule has 1 heterocycles. The van der Waals surface area contributed by atoms with E-state index < -0.39 is 11.7 Å². The molecule has 0 atom stereocenters. The molecule has 2 rings (SSSR count). The van der Waals surface area contributed by atoms with Crippen molar-refractivity contribution in [3.8, 4) is 0 Å². The third-order valence-electron chi connectivity index (χ3n) is 2.37. The van der Waals surface area contributed by atoms with Gasteiger partial charge in [-0.05, 0) is 18.2 Å². The van der Waals surface area contributed by atoms with Crippen LogP contribution in [0, 0.1) is 0 Å². The number of imidazole rings is 1. The zero-order valence-corrected chi connectivity index (χ0v) is 9.25. The third kappa shape index (κ3) is 2.73. The van der Waals surface area contributed by atoms with Crippen molar-refractivity contribution in [2.45, 2.75) is 12.7 Å². The van der Waals surface area contributed by atoms with Gasteiger partial charge in [0.25, 0.3) is 0 Å². The Morgan fingerprint density at radius 1 is 1.33 bits per heavy atom.